The lowest BCUT2D eigenvalue weighted by Gasteiger charge is -2.36. The zero-order valence-electron chi connectivity index (χ0n) is 23.0. The number of carbonyl (C=O) groups excluding carboxylic acids is 4. The summed E-state index contributed by atoms with van der Waals surface area (Å²) >= 11 is 10.9. The molecule has 0 radical (unpaired) electrons. The normalized spacial score (nSPS) is 16.6. The molecule has 10 nitrogen and oxygen atoms in total. The van der Waals surface area contributed by atoms with E-state index in [2.05, 4.69) is 12.6 Å². The summed E-state index contributed by atoms with van der Waals surface area (Å²) in [4.78, 5) is 52.4. The summed E-state index contributed by atoms with van der Waals surface area (Å²) in [5, 5.41) is 10.0. The summed E-state index contributed by atoms with van der Waals surface area (Å²) in [6.07, 6.45) is 1.78. The highest BCUT2D eigenvalue weighted by molar-refractivity contribution is 7.81. The monoisotopic (exact) mass is 625 g/mol. The maximum Gasteiger partial charge on any atom is 0.347 e. The van der Waals surface area contributed by atoms with Crippen LogP contribution in [0.3, 0.4) is 0 Å². The number of halogens is 1. The third kappa shape index (κ3) is 7.95. The van der Waals surface area contributed by atoms with Crippen molar-refractivity contribution in [3.8, 4) is 11.5 Å². The number of rotatable bonds is 9. The first-order chi connectivity index (χ1) is 20.7. The van der Waals surface area contributed by atoms with Crippen LogP contribution in [0.15, 0.2) is 84.4 Å². The molecule has 0 spiro atoms. The van der Waals surface area contributed by atoms with Crippen LogP contribution in [0.2, 0.25) is 5.02 Å². The van der Waals surface area contributed by atoms with Crippen LogP contribution in [0.25, 0.3) is 0 Å². The van der Waals surface area contributed by atoms with Crippen molar-refractivity contribution in [3.05, 3.63) is 106 Å². The highest BCUT2D eigenvalue weighted by Crippen LogP contribution is 2.33. The Hall–Kier alpha value is -4.32. The Bertz CT molecular complexity index is 1540. The number of para-hydroxylation sites is 2. The number of aromatic hydroxyl groups is 1. The van der Waals surface area contributed by atoms with Gasteiger partial charge in [-0.25, -0.2) is 19.2 Å². The molecule has 0 saturated carbocycles. The molecule has 1 saturated heterocycles. The van der Waals surface area contributed by atoms with E-state index in [-0.39, 0.29) is 34.4 Å². The van der Waals surface area contributed by atoms with Gasteiger partial charge in [-0.15, -0.1) is 0 Å². The second-order valence-corrected chi connectivity index (χ2v) is 10.4. The number of piperidine rings is 1. The first-order valence-electron chi connectivity index (χ1n) is 13.1. The second kappa shape index (κ2) is 14.7. The van der Waals surface area contributed by atoms with E-state index in [9.17, 15) is 24.3 Å². The van der Waals surface area contributed by atoms with Gasteiger partial charge in [-0.05, 0) is 47.9 Å². The number of phenols is 1. The lowest BCUT2D eigenvalue weighted by Crippen LogP contribution is -2.42. The Morgan fingerprint density at radius 2 is 1.65 bits per heavy atom. The molecule has 1 aliphatic rings. The van der Waals surface area contributed by atoms with E-state index in [0.29, 0.717) is 29.1 Å². The van der Waals surface area contributed by atoms with Crippen molar-refractivity contribution in [3.63, 3.8) is 0 Å². The molecule has 1 aliphatic heterocycles. The van der Waals surface area contributed by atoms with Crippen LogP contribution in [0, 0.1) is 0 Å². The Kier molecular flexibility index (Phi) is 10.8. The quantitative estimate of drug-likeness (QED) is 0.113. The number of benzene rings is 3. The predicted octanol–water partition coefficient (Wildman–Crippen LogP) is 4.77. The van der Waals surface area contributed by atoms with E-state index in [0.717, 1.165) is 0 Å². The topological polar surface area (TPSA) is 129 Å². The van der Waals surface area contributed by atoms with Crippen molar-refractivity contribution in [2.24, 2.45) is 0 Å². The van der Waals surface area contributed by atoms with Gasteiger partial charge >= 0.3 is 23.9 Å². The number of phenolic OH excluding ortho intramolecular Hbond substituents is 1. The van der Waals surface area contributed by atoms with Crippen LogP contribution in [-0.4, -0.2) is 66.1 Å². The first-order valence-corrected chi connectivity index (χ1v) is 14.0. The smallest absolute Gasteiger partial charge is 0.347 e. The van der Waals surface area contributed by atoms with Crippen molar-refractivity contribution >= 4 is 48.1 Å². The Morgan fingerprint density at radius 3 is 2.37 bits per heavy atom. The summed E-state index contributed by atoms with van der Waals surface area (Å²) in [7, 11) is 1.30. The molecule has 0 bridgehead atoms. The lowest BCUT2D eigenvalue weighted by molar-refractivity contribution is -0.147. The minimum Gasteiger partial charge on any atom is -0.507 e. The van der Waals surface area contributed by atoms with Crippen LogP contribution in [0.5, 0.6) is 11.5 Å². The fraction of sp³-hybridized carbons (Fsp3) is 0.226. The maximum atomic E-state index is 12.7. The van der Waals surface area contributed by atoms with Gasteiger partial charge in [-0.2, -0.15) is 12.6 Å². The molecule has 0 amide bonds. The SMILES string of the molecule is COC(=O)[C@H](c1ccccc1Cl)N1CCC(S)/C(=C\C(=O)OCOC(=O)c2ccccc2OC(=O)c2ccccc2O)C1. The molecule has 1 N–H and O–H groups in total. The molecule has 4 rings (SSSR count). The van der Waals surface area contributed by atoms with Gasteiger partial charge in [0.15, 0.2) is 0 Å². The van der Waals surface area contributed by atoms with Crippen LogP contribution >= 0.6 is 24.2 Å². The van der Waals surface area contributed by atoms with Crippen LogP contribution < -0.4 is 4.74 Å². The van der Waals surface area contributed by atoms with E-state index in [1.807, 2.05) is 4.90 Å². The zero-order chi connectivity index (χ0) is 30.9. The van der Waals surface area contributed by atoms with Gasteiger partial charge in [0.2, 0.25) is 6.79 Å². The van der Waals surface area contributed by atoms with Gasteiger partial charge in [0.05, 0.1) is 7.11 Å². The van der Waals surface area contributed by atoms with Gasteiger partial charge in [0, 0.05) is 29.4 Å². The van der Waals surface area contributed by atoms with Crippen LogP contribution in [0.1, 0.15) is 38.7 Å². The van der Waals surface area contributed by atoms with E-state index >= 15 is 0 Å². The number of ether oxygens (including phenoxy) is 4. The van der Waals surface area contributed by atoms with Crippen LogP contribution in [0.4, 0.5) is 0 Å². The fourth-order valence-corrected chi connectivity index (χ4v) is 4.98. The third-order valence-electron chi connectivity index (χ3n) is 6.62. The summed E-state index contributed by atoms with van der Waals surface area (Å²) in [5.74, 6) is -3.43. The number of thiol groups is 1. The molecule has 12 heteroatoms. The van der Waals surface area contributed by atoms with Gasteiger partial charge in [-0.1, -0.05) is 54.1 Å². The highest BCUT2D eigenvalue weighted by Gasteiger charge is 2.34. The van der Waals surface area contributed by atoms with Gasteiger partial charge in [0.25, 0.3) is 0 Å². The number of esters is 4. The Morgan fingerprint density at radius 1 is 0.977 bits per heavy atom. The number of likely N-dealkylation sites (tertiary alicyclic amines) is 1. The maximum absolute atomic E-state index is 12.7. The molecule has 2 atom stereocenters. The second-order valence-electron chi connectivity index (χ2n) is 9.36. The van der Waals surface area contributed by atoms with Gasteiger partial charge < -0.3 is 24.1 Å². The largest absolute Gasteiger partial charge is 0.507 e. The van der Waals surface area contributed by atoms with Crippen molar-refractivity contribution in [1.82, 2.24) is 4.90 Å². The standard InChI is InChI=1S/C31H28ClNO9S/c1-39-31(38)28(20-8-2-5-11-23(20)32)33-15-14-26(43)19(17-33)16-27(35)40-18-41-29(36)22-10-4-7-13-25(22)42-30(37)21-9-3-6-12-24(21)34/h2-13,16,26,28,34,43H,14-15,17-18H2,1H3/b19-16-/t26?,28-/m0/s1. The van der Waals surface area contributed by atoms with Gasteiger partial charge in [-0.3, -0.25) is 4.90 Å². The minimum absolute atomic E-state index is 0.0822. The molecule has 3 aromatic rings. The molecule has 1 heterocycles. The number of hydrogen-bond acceptors (Lipinski definition) is 11. The average Bonchev–Trinajstić information content (AvgIpc) is 3.00. The summed E-state index contributed by atoms with van der Waals surface area (Å²) in [6, 6.07) is 17.8. The molecule has 3 aromatic carbocycles. The number of nitrogens with zero attached hydrogens (tertiary/aromatic N) is 1. The first kappa shape index (κ1) is 31.6. The van der Waals surface area contributed by atoms with Crippen molar-refractivity contribution in [2.45, 2.75) is 17.7 Å². The molecule has 1 unspecified atom stereocenters. The minimum atomic E-state index is -0.905. The number of hydrogen-bond donors (Lipinski definition) is 2. The third-order valence-corrected chi connectivity index (χ3v) is 7.55. The van der Waals surface area contributed by atoms with Crippen molar-refractivity contribution in [1.29, 1.82) is 0 Å². The van der Waals surface area contributed by atoms with E-state index in [4.69, 9.17) is 30.5 Å². The summed E-state index contributed by atoms with van der Waals surface area (Å²) in [6.45, 7) is -0.00462. The van der Waals surface area contributed by atoms with Crippen molar-refractivity contribution < 1.29 is 43.2 Å². The summed E-state index contributed by atoms with van der Waals surface area (Å²) in [5.41, 5.74) is 0.996. The molecular weight excluding hydrogens is 598 g/mol. The highest BCUT2D eigenvalue weighted by atomic mass is 35.5. The Balaban J connectivity index is 1.38. The average molecular weight is 626 g/mol. The summed E-state index contributed by atoms with van der Waals surface area (Å²) < 4.78 is 20.5. The van der Waals surface area contributed by atoms with Gasteiger partial charge in [0.1, 0.15) is 28.7 Å². The molecule has 1 fully saturated rings. The fourth-order valence-electron chi connectivity index (χ4n) is 4.47. The number of methoxy groups -OCH3 is 1. The zero-order valence-corrected chi connectivity index (χ0v) is 24.6. The number of carbonyl (C=O) groups is 4. The molecule has 0 aromatic heterocycles. The van der Waals surface area contributed by atoms with Crippen molar-refractivity contribution in [2.75, 3.05) is 27.0 Å². The van der Waals surface area contributed by atoms with E-state index in [1.165, 1.54) is 43.5 Å². The molecule has 43 heavy (non-hydrogen) atoms. The van der Waals surface area contributed by atoms with Crippen LogP contribution in [-0.2, 0) is 23.8 Å². The molecule has 224 valence electrons. The molecular formula is C31H28ClNO9S. The van der Waals surface area contributed by atoms with E-state index in [1.54, 1.807) is 42.5 Å². The molecule has 0 aliphatic carbocycles. The van der Waals surface area contributed by atoms with E-state index < -0.39 is 36.7 Å². The Labute approximate surface area is 258 Å². The predicted molar refractivity (Wildman–Crippen MR) is 159 cm³/mol. The lowest BCUT2D eigenvalue weighted by atomic mass is 9.98.